The summed E-state index contributed by atoms with van der Waals surface area (Å²) in [6.07, 6.45) is 5.09. The Morgan fingerprint density at radius 2 is 1.63 bits per heavy atom. The Labute approximate surface area is 288 Å². The molecule has 3 atom stereocenters. The van der Waals surface area contributed by atoms with E-state index in [2.05, 4.69) is 52.6 Å². The molecule has 1 fully saturated rings. The molecule has 3 aromatic carbocycles. The minimum atomic E-state index is -0.802. The number of aliphatic hydroxyl groups excluding tert-OH is 1. The number of aliphatic carboxylic acids is 1. The van der Waals surface area contributed by atoms with Crippen molar-refractivity contribution in [2.75, 3.05) is 20.1 Å². The molecule has 1 aromatic heterocycles. The molecule has 0 radical (unpaired) electrons. The number of carbonyl (C=O) groups excluding carboxylic acids is 1. The van der Waals surface area contributed by atoms with Gasteiger partial charge in [0.1, 0.15) is 0 Å². The van der Waals surface area contributed by atoms with Crippen LogP contribution >= 0.6 is 0 Å². The lowest BCUT2D eigenvalue weighted by atomic mass is 9.98. The molecule has 1 amide bonds. The van der Waals surface area contributed by atoms with Gasteiger partial charge in [0.25, 0.3) is 0 Å². The van der Waals surface area contributed by atoms with Gasteiger partial charge in [0.05, 0.1) is 18.8 Å². The van der Waals surface area contributed by atoms with Crippen molar-refractivity contribution in [2.45, 2.75) is 76.6 Å². The Morgan fingerprint density at radius 3 is 2.39 bits per heavy atom. The van der Waals surface area contributed by atoms with E-state index in [0.29, 0.717) is 32.2 Å². The third-order valence-electron chi connectivity index (χ3n) is 8.81. The van der Waals surface area contributed by atoms with Crippen LogP contribution in [0.15, 0.2) is 97.2 Å². The first-order chi connectivity index (χ1) is 23.9. The highest BCUT2D eigenvalue weighted by molar-refractivity contribution is 5.76. The maximum absolute atomic E-state index is 12.4. The highest BCUT2D eigenvalue weighted by atomic mass is 16.7. The van der Waals surface area contributed by atoms with E-state index in [1.54, 1.807) is 0 Å². The number of nitrogens with zero attached hydrogens (tertiary/aromatic N) is 2. The Hall–Kier alpha value is -4.41. The van der Waals surface area contributed by atoms with Crippen molar-refractivity contribution in [1.82, 2.24) is 15.2 Å². The number of likely N-dealkylation sites (N-methyl/N-ethyl adjacent to an activating group) is 1. The summed E-state index contributed by atoms with van der Waals surface area (Å²) in [6, 6.07) is 30.3. The van der Waals surface area contributed by atoms with Crippen LogP contribution in [0.5, 0.6) is 0 Å². The number of hydrogen-bond donors (Lipinski definition) is 3. The Balaban J connectivity index is 1.25. The lowest BCUT2D eigenvalue weighted by molar-refractivity contribution is -0.252. The third-order valence-corrected chi connectivity index (χ3v) is 8.81. The fourth-order valence-corrected chi connectivity index (χ4v) is 6.08. The van der Waals surface area contributed by atoms with E-state index in [-0.39, 0.29) is 31.1 Å². The molecular formula is C40H47N3O6. The predicted molar refractivity (Wildman–Crippen MR) is 188 cm³/mol. The number of ether oxygens (including phenoxy) is 2. The maximum atomic E-state index is 12.4. The van der Waals surface area contributed by atoms with E-state index in [1.165, 1.54) is 0 Å². The average Bonchev–Trinajstić information content (AvgIpc) is 3.13. The number of carboxylic acid groups (broad SMARTS) is 1. The van der Waals surface area contributed by atoms with Crippen molar-refractivity contribution in [3.05, 3.63) is 125 Å². The van der Waals surface area contributed by atoms with Crippen molar-refractivity contribution in [3.8, 4) is 11.1 Å². The first-order valence-electron chi connectivity index (χ1n) is 17.1. The number of rotatable bonds is 17. The fourth-order valence-electron chi connectivity index (χ4n) is 6.08. The third kappa shape index (κ3) is 11.3. The zero-order valence-corrected chi connectivity index (χ0v) is 28.2. The van der Waals surface area contributed by atoms with Crippen LogP contribution in [0.1, 0.15) is 78.9 Å². The number of aromatic nitrogens is 1. The zero-order chi connectivity index (χ0) is 34.4. The van der Waals surface area contributed by atoms with E-state index >= 15 is 0 Å². The van der Waals surface area contributed by atoms with Crippen molar-refractivity contribution in [3.63, 3.8) is 0 Å². The van der Waals surface area contributed by atoms with Crippen molar-refractivity contribution >= 4 is 11.9 Å². The number of unbranched alkanes of at least 4 members (excludes halogenated alkanes) is 2. The summed E-state index contributed by atoms with van der Waals surface area (Å²) < 4.78 is 13.3. The molecule has 258 valence electrons. The largest absolute Gasteiger partial charge is 0.481 e. The number of nitrogens with one attached hydrogen (secondary N) is 1. The number of carboxylic acids is 1. The van der Waals surface area contributed by atoms with Crippen LogP contribution in [0.2, 0.25) is 0 Å². The normalized spacial score (nSPS) is 17.6. The summed E-state index contributed by atoms with van der Waals surface area (Å²) >= 11 is 0. The number of amides is 1. The van der Waals surface area contributed by atoms with Gasteiger partial charge >= 0.3 is 5.97 Å². The minimum Gasteiger partial charge on any atom is -0.481 e. The topological polar surface area (TPSA) is 121 Å². The average molecular weight is 666 g/mol. The highest BCUT2D eigenvalue weighted by Gasteiger charge is 2.33. The van der Waals surface area contributed by atoms with Crippen LogP contribution in [0, 0.1) is 0 Å². The second kappa shape index (κ2) is 18.4. The van der Waals surface area contributed by atoms with Gasteiger partial charge in [-0.1, -0.05) is 73.2 Å². The smallest absolute Gasteiger partial charge is 0.303 e. The lowest BCUT2D eigenvalue weighted by Crippen LogP contribution is -2.38. The second-order valence-electron chi connectivity index (χ2n) is 12.7. The van der Waals surface area contributed by atoms with E-state index in [0.717, 1.165) is 65.0 Å². The van der Waals surface area contributed by atoms with Crippen molar-refractivity contribution in [1.29, 1.82) is 0 Å². The number of aliphatic hydroxyl groups is 1. The van der Waals surface area contributed by atoms with Crippen LogP contribution < -0.4 is 5.32 Å². The molecule has 0 saturated carbocycles. The molecule has 0 aliphatic carbocycles. The lowest BCUT2D eigenvalue weighted by Gasteiger charge is -2.38. The molecule has 0 spiro atoms. The fraction of sp³-hybridized carbons (Fsp3) is 0.375. The van der Waals surface area contributed by atoms with Crippen molar-refractivity contribution in [2.24, 2.45) is 0 Å². The summed E-state index contributed by atoms with van der Waals surface area (Å²) in [6.45, 7) is 2.02. The Bertz CT molecular complexity index is 1630. The SMILES string of the molecule is CN(CCc1ccccn1)C[C@@H]1C[C@H](c2ccc(CO)cc2)O[C@H](c2cccc(-c3cccc(CNC(=O)CCCCCC(=O)O)c3)c2)O1. The van der Waals surface area contributed by atoms with Gasteiger partial charge in [0.15, 0.2) is 6.29 Å². The van der Waals surface area contributed by atoms with Gasteiger partial charge in [-0.2, -0.15) is 0 Å². The van der Waals surface area contributed by atoms with Crippen molar-refractivity contribution < 1.29 is 29.3 Å². The molecule has 4 aromatic rings. The summed E-state index contributed by atoms with van der Waals surface area (Å²) in [5.41, 5.74) is 6.95. The first kappa shape index (κ1) is 35.9. The zero-order valence-electron chi connectivity index (χ0n) is 28.2. The van der Waals surface area contributed by atoms with Gasteiger partial charge in [0.2, 0.25) is 5.91 Å². The molecule has 0 unspecified atom stereocenters. The van der Waals surface area contributed by atoms with E-state index in [4.69, 9.17) is 14.6 Å². The molecule has 5 rings (SSSR count). The van der Waals surface area contributed by atoms with Gasteiger partial charge in [0, 0.05) is 62.8 Å². The summed E-state index contributed by atoms with van der Waals surface area (Å²) in [4.78, 5) is 29.8. The number of hydrogen-bond acceptors (Lipinski definition) is 7. The summed E-state index contributed by atoms with van der Waals surface area (Å²) in [5, 5.41) is 21.3. The number of pyridine rings is 1. The van der Waals surface area contributed by atoms with E-state index in [9.17, 15) is 14.7 Å². The molecule has 2 heterocycles. The number of benzene rings is 3. The molecule has 1 saturated heterocycles. The molecule has 1 aliphatic rings. The Kier molecular flexibility index (Phi) is 13.5. The number of carbonyl (C=O) groups is 2. The monoisotopic (exact) mass is 665 g/mol. The summed E-state index contributed by atoms with van der Waals surface area (Å²) in [5.74, 6) is -0.838. The molecule has 3 N–H and O–H groups in total. The molecular weight excluding hydrogens is 618 g/mol. The first-order valence-corrected chi connectivity index (χ1v) is 17.1. The Morgan fingerprint density at radius 1 is 0.857 bits per heavy atom. The van der Waals surface area contributed by atoms with Gasteiger partial charge in [-0.15, -0.1) is 0 Å². The molecule has 1 aliphatic heterocycles. The van der Waals surface area contributed by atoms with Gasteiger partial charge in [-0.3, -0.25) is 14.6 Å². The standard InChI is InChI=1S/C40H47N3O6/c1-43(22-20-35-13-5-6-21-41-35)27-36-25-37(31-18-16-29(28-44)17-19-31)49-40(48-36)34-12-8-11-33(24-34)32-10-7-9-30(23-32)26-42-38(45)14-3-2-4-15-39(46)47/h5-13,16-19,21,23-24,36-37,40,44H,2-4,14-15,20,22,25-28H2,1H3,(H,42,45)(H,46,47)/t36-,37+,40+/m0/s1. The van der Waals surface area contributed by atoms with Crippen LogP contribution in [0.25, 0.3) is 11.1 Å². The van der Waals surface area contributed by atoms with Crippen LogP contribution in [0.3, 0.4) is 0 Å². The van der Waals surface area contributed by atoms with Gasteiger partial charge < -0.3 is 29.9 Å². The molecule has 0 bridgehead atoms. The molecule has 9 nitrogen and oxygen atoms in total. The second-order valence-corrected chi connectivity index (χ2v) is 12.7. The quantitative estimate of drug-likeness (QED) is 0.108. The van der Waals surface area contributed by atoms with Gasteiger partial charge in [-0.25, -0.2) is 0 Å². The maximum Gasteiger partial charge on any atom is 0.303 e. The minimum absolute atomic E-state index is 0.00221. The summed E-state index contributed by atoms with van der Waals surface area (Å²) in [7, 11) is 2.11. The van der Waals surface area contributed by atoms with E-state index < -0.39 is 12.3 Å². The van der Waals surface area contributed by atoms with Crippen LogP contribution in [-0.4, -0.2) is 58.2 Å². The molecule has 9 heteroatoms. The van der Waals surface area contributed by atoms with E-state index in [1.807, 2.05) is 66.9 Å². The van der Waals surface area contributed by atoms with Gasteiger partial charge in [-0.05, 0) is 72.0 Å². The molecule has 49 heavy (non-hydrogen) atoms. The van der Waals surface area contributed by atoms with Crippen LogP contribution in [-0.2, 0) is 38.6 Å². The van der Waals surface area contributed by atoms with Crippen LogP contribution in [0.4, 0.5) is 0 Å². The highest BCUT2D eigenvalue weighted by Crippen LogP contribution is 2.39. The predicted octanol–water partition coefficient (Wildman–Crippen LogP) is 6.61.